The maximum absolute atomic E-state index is 13.7. The Morgan fingerprint density at radius 3 is 1.77 bits per heavy atom. The Morgan fingerprint density at radius 1 is 0.590 bits per heavy atom. The summed E-state index contributed by atoms with van der Waals surface area (Å²) in [6.45, 7) is 0.437. The molecule has 8 heteroatoms. The number of anilines is 2. The van der Waals surface area contributed by atoms with Crippen molar-refractivity contribution in [3.63, 3.8) is 0 Å². The van der Waals surface area contributed by atoms with Crippen LogP contribution in [0.5, 0.6) is 0 Å². The van der Waals surface area contributed by atoms with Crippen LogP contribution in [0.25, 0.3) is 0 Å². The molecule has 4 aromatic carbocycles. The van der Waals surface area contributed by atoms with Crippen LogP contribution in [0, 0.1) is 0 Å². The molecule has 2 nitrogen and oxygen atoms in total. The van der Waals surface area contributed by atoms with Crippen LogP contribution in [0.15, 0.2) is 103 Å². The Labute approximate surface area is 222 Å². The van der Waals surface area contributed by atoms with Crippen LogP contribution in [0.1, 0.15) is 52.1 Å². The molecule has 0 radical (unpaired) electrons. The van der Waals surface area contributed by atoms with Gasteiger partial charge in [-0.05, 0) is 78.0 Å². The van der Waals surface area contributed by atoms with E-state index in [9.17, 15) is 26.3 Å². The SMILES string of the molecule is FC(F)(F)c1cc([C@H]2NCCC(c3cccc(Nc4ccccc4)c3)[C@H]2c2ccccc2)cc(C(F)(F)F)c1. The van der Waals surface area contributed by atoms with E-state index in [-0.39, 0.29) is 17.5 Å². The summed E-state index contributed by atoms with van der Waals surface area (Å²) in [6, 6.07) is 27.8. The minimum absolute atomic E-state index is 0.0331. The first-order chi connectivity index (χ1) is 18.6. The van der Waals surface area contributed by atoms with Gasteiger partial charge in [-0.3, -0.25) is 0 Å². The molecule has 0 spiro atoms. The maximum Gasteiger partial charge on any atom is 0.416 e. The number of nitrogens with one attached hydrogen (secondary N) is 2. The van der Waals surface area contributed by atoms with Crippen molar-refractivity contribution in [3.05, 3.63) is 131 Å². The van der Waals surface area contributed by atoms with Crippen molar-refractivity contribution < 1.29 is 26.3 Å². The fourth-order valence-electron chi connectivity index (χ4n) is 5.43. The predicted molar refractivity (Wildman–Crippen MR) is 140 cm³/mol. The Balaban J connectivity index is 1.59. The minimum atomic E-state index is -4.91. The van der Waals surface area contributed by atoms with E-state index in [1.54, 1.807) is 0 Å². The Kier molecular flexibility index (Phi) is 7.40. The fourth-order valence-corrected chi connectivity index (χ4v) is 5.43. The topological polar surface area (TPSA) is 24.1 Å². The molecule has 39 heavy (non-hydrogen) atoms. The number of benzene rings is 4. The van der Waals surface area contributed by atoms with Gasteiger partial charge in [-0.25, -0.2) is 0 Å². The number of halogens is 6. The van der Waals surface area contributed by atoms with Gasteiger partial charge in [-0.1, -0.05) is 60.7 Å². The largest absolute Gasteiger partial charge is 0.416 e. The molecule has 4 aromatic rings. The van der Waals surface area contributed by atoms with E-state index < -0.39 is 35.4 Å². The van der Waals surface area contributed by atoms with Crippen molar-refractivity contribution in [1.82, 2.24) is 5.32 Å². The Bertz CT molecular complexity index is 1370. The average Bonchev–Trinajstić information content (AvgIpc) is 2.92. The van der Waals surface area contributed by atoms with Crippen LogP contribution in [0.3, 0.4) is 0 Å². The summed E-state index contributed by atoms with van der Waals surface area (Å²) in [4.78, 5) is 0. The highest BCUT2D eigenvalue weighted by molar-refractivity contribution is 5.60. The van der Waals surface area contributed by atoms with Crippen LogP contribution in [0.4, 0.5) is 37.7 Å². The van der Waals surface area contributed by atoms with E-state index in [2.05, 4.69) is 10.6 Å². The van der Waals surface area contributed by atoms with Gasteiger partial charge < -0.3 is 10.6 Å². The van der Waals surface area contributed by atoms with Gasteiger partial charge in [0.1, 0.15) is 0 Å². The predicted octanol–water partition coefficient (Wildman–Crippen LogP) is 9.07. The monoisotopic (exact) mass is 540 g/mol. The smallest absolute Gasteiger partial charge is 0.356 e. The molecule has 0 amide bonds. The maximum atomic E-state index is 13.7. The second kappa shape index (κ2) is 10.8. The second-order valence-corrected chi connectivity index (χ2v) is 9.72. The van der Waals surface area contributed by atoms with Gasteiger partial charge in [-0.15, -0.1) is 0 Å². The van der Waals surface area contributed by atoms with Gasteiger partial charge in [-0.2, -0.15) is 26.3 Å². The van der Waals surface area contributed by atoms with E-state index in [0.717, 1.165) is 34.6 Å². The van der Waals surface area contributed by atoms with Crippen LogP contribution in [-0.4, -0.2) is 6.54 Å². The van der Waals surface area contributed by atoms with E-state index >= 15 is 0 Å². The third-order valence-electron chi connectivity index (χ3n) is 7.14. The summed E-state index contributed by atoms with van der Waals surface area (Å²) >= 11 is 0. The molecule has 1 aliphatic rings. The Hall–Kier alpha value is -3.78. The highest BCUT2D eigenvalue weighted by Gasteiger charge is 2.41. The van der Waals surface area contributed by atoms with Crippen molar-refractivity contribution in [2.45, 2.75) is 36.7 Å². The lowest BCUT2D eigenvalue weighted by Crippen LogP contribution is -2.38. The molecule has 3 atom stereocenters. The summed E-state index contributed by atoms with van der Waals surface area (Å²) in [5, 5.41) is 6.61. The zero-order chi connectivity index (χ0) is 27.6. The van der Waals surface area contributed by atoms with Gasteiger partial charge in [0.05, 0.1) is 11.1 Å². The molecule has 1 unspecified atom stereocenters. The van der Waals surface area contributed by atoms with Crippen molar-refractivity contribution in [3.8, 4) is 0 Å². The number of piperidine rings is 1. The molecule has 1 saturated heterocycles. The summed E-state index contributed by atoms with van der Waals surface area (Å²) in [5.74, 6) is -0.559. The van der Waals surface area contributed by atoms with Gasteiger partial charge in [0, 0.05) is 23.3 Å². The molecule has 202 valence electrons. The first-order valence-corrected chi connectivity index (χ1v) is 12.6. The quantitative estimate of drug-likeness (QED) is 0.247. The molecule has 1 fully saturated rings. The lowest BCUT2D eigenvalue weighted by Gasteiger charge is -2.40. The first kappa shape index (κ1) is 26.8. The molecule has 1 heterocycles. The molecule has 1 aliphatic heterocycles. The van der Waals surface area contributed by atoms with Gasteiger partial charge >= 0.3 is 12.4 Å². The van der Waals surface area contributed by atoms with E-state index in [0.29, 0.717) is 13.0 Å². The average molecular weight is 541 g/mol. The summed E-state index contributed by atoms with van der Waals surface area (Å²) < 4.78 is 82.2. The molecule has 2 N–H and O–H groups in total. The summed E-state index contributed by atoms with van der Waals surface area (Å²) in [7, 11) is 0. The van der Waals surface area contributed by atoms with Gasteiger partial charge in [0.15, 0.2) is 0 Å². The van der Waals surface area contributed by atoms with Crippen molar-refractivity contribution in [2.24, 2.45) is 0 Å². The normalized spacial score (nSPS) is 20.0. The number of hydrogen-bond donors (Lipinski definition) is 2. The highest BCUT2D eigenvalue weighted by atomic mass is 19.4. The number of hydrogen-bond acceptors (Lipinski definition) is 2. The summed E-state index contributed by atoms with van der Waals surface area (Å²) in [6.07, 6.45) is -9.16. The molecule has 5 rings (SSSR count). The van der Waals surface area contributed by atoms with Crippen LogP contribution in [0.2, 0.25) is 0 Å². The van der Waals surface area contributed by atoms with Crippen molar-refractivity contribution in [1.29, 1.82) is 0 Å². The van der Waals surface area contributed by atoms with Crippen LogP contribution in [-0.2, 0) is 12.4 Å². The van der Waals surface area contributed by atoms with Crippen LogP contribution < -0.4 is 10.6 Å². The van der Waals surface area contributed by atoms with Gasteiger partial charge in [0.2, 0.25) is 0 Å². The number of para-hydroxylation sites is 1. The zero-order valence-corrected chi connectivity index (χ0v) is 20.7. The molecule has 0 aromatic heterocycles. The first-order valence-electron chi connectivity index (χ1n) is 12.6. The van der Waals surface area contributed by atoms with Crippen molar-refractivity contribution in [2.75, 3.05) is 11.9 Å². The fraction of sp³-hybridized carbons (Fsp3) is 0.226. The van der Waals surface area contributed by atoms with E-state index in [4.69, 9.17) is 0 Å². The number of rotatable bonds is 5. The Morgan fingerprint density at radius 2 is 1.15 bits per heavy atom. The zero-order valence-electron chi connectivity index (χ0n) is 20.7. The molecule has 0 aliphatic carbocycles. The van der Waals surface area contributed by atoms with Crippen LogP contribution >= 0.6 is 0 Å². The van der Waals surface area contributed by atoms with Crippen molar-refractivity contribution >= 4 is 11.4 Å². The second-order valence-electron chi connectivity index (χ2n) is 9.72. The summed E-state index contributed by atoms with van der Waals surface area (Å²) in [5.41, 5.74) is 0.898. The minimum Gasteiger partial charge on any atom is -0.356 e. The number of alkyl halides is 6. The standard InChI is InChI=1S/C31H26F6N2/c32-30(33,34)23-16-22(17-24(19-23)31(35,36)37)29-28(20-8-3-1-4-9-20)27(14-15-38-29)21-10-7-13-26(18-21)39-25-11-5-2-6-12-25/h1-13,16-19,27-29,38-39H,14-15H2/t27?,28-,29-/m1/s1. The third kappa shape index (κ3) is 6.11. The highest BCUT2D eigenvalue weighted by Crippen LogP contribution is 2.48. The molecular weight excluding hydrogens is 514 g/mol. The lowest BCUT2D eigenvalue weighted by molar-refractivity contribution is -0.143. The lowest BCUT2D eigenvalue weighted by atomic mass is 9.71. The third-order valence-corrected chi connectivity index (χ3v) is 7.14. The molecule has 0 saturated carbocycles. The molecule has 0 bridgehead atoms. The molecular formula is C31H26F6N2. The van der Waals surface area contributed by atoms with Gasteiger partial charge in [0.25, 0.3) is 0 Å². The van der Waals surface area contributed by atoms with E-state index in [1.807, 2.05) is 84.9 Å². The van der Waals surface area contributed by atoms with E-state index in [1.165, 1.54) is 0 Å².